The minimum atomic E-state index is -1.02. The molecule has 0 saturated carbocycles. The normalized spacial score (nSPS) is 10.1. The lowest BCUT2D eigenvalue weighted by Crippen LogP contribution is -2.10. The smallest absolute Gasteiger partial charge is 0.335 e. The van der Waals surface area contributed by atoms with Crippen molar-refractivity contribution in [2.75, 3.05) is 20.3 Å². The molecule has 0 fully saturated rings. The van der Waals surface area contributed by atoms with Crippen molar-refractivity contribution in [3.8, 4) is 17.2 Å². The number of carbonyl (C=O) groups is 1. The molecule has 0 unspecified atom stereocenters. The number of hydrogen-bond donors (Lipinski definition) is 1. The highest BCUT2D eigenvalue weighted by molar-refractivity contribution is 6.30. The zero-order valence-electron chi connectivity index (χ0n) is 11.9. The van der Waals surface area contributed by atoms with E-state index in [2.05, 4.69) is 0 Å². The zero-order chi connectivity index (χ0) is 15.9. The number of aromatic carboxylic acids is 1. The first-order valence-electron chi connectivity index (χ1n) is 6.52. The van der Waals surface area contributed by atoms with Crippen LogP contribution in [0.5, 0.6) is 17.2 Å². The van der Waals surface area contributed by atoms with E-state index in [4.69, 9.17) is 30.9 Å². The van der Waals surface area contributed by atoms with Crippen molar-refractivity contribution in [2.45, 2.75) is 0 Å². The Morgan fingerprint density at radius 2 is 1.73 bits per heavy atom. The van der Waals surface area contributed by atoms with Crippen LogP contribution in [0.25, 0.3) is 0 Å². The Morgan fingerprint density at radius 1 is 1.05 bits per heavy atom. The minimum absolute atomic E-state index is 0.140. The molecule has 0 atom stereocenters. The molecule has 0 aliphatic carbocycles. The Bertz CT molecular complexity index is 639. The van der Waals surface area contributed by atoms with E-state index in [0.29, 0.717) is 35.5 Å². The molecule has 2 aromatic rings. The van der Waals surface area contributed by atoms with Gasteiger partial charge in [0.25, 0.3) is 0 Å². The van der Waals surface area contributed by atoms with E-state index in [1.165, 1.54) is 19.2 Å². The lowest BCUT2D eigenvalue weighted by Gasteiger charge is -2.12. The third-order valence-corrected chi connectivity index (χ3v) is 3.09. The molecule has 0 aliphatic rings. The largest absolute Gasteiger partial charge is 0.493 e. The van der Waals surface area contributed by atoms with Crippen LogP contribution in [0.15, 0.2) is 42.5 Å². The molecule has 2 aromatic carbocycles. The van der Waals surface area contributed by atoms with Crippen LogP contribution in [-0.2, 0) is 0 Å². The molecule has 0 heterocycles. The highest BCUT2D eigenvalue weighted by atomic mass is 35.5. The molecule has 6 heteroatoms. The van der Waals surface area contributed by atoms with Gasteiger partial charge in [0.1, 0.15) is 19.0 Å². The van der Waals surface area contributed by atoms with Crippen molar-refractivity contribution < 1.29 is 24.1 Å². The van der Waals surface area contributed by atoms with Gasteiger partial charge in [0.05, 0.1) is 12.7 Å². The van der Waals surface area contributed by atoms with Gasteiger partial charge >= 0.3 is 5.97 Å². The van der Waals surface area contributed by atoms with Crippen LogP contribution in [0.3, 0.4) is 0 Å². The number of rotatable bonds is 7. The summed E-state index contributed by atoms with van der Waals surface area (Å²) in [5.41, 5.74) is 0.140. The Labute approximate surface area is 133 Å². The molecular weight excluding hydrogens is 308 g/mol. The van der Waals surface area contributed by atoms with Gasteiger partial charge in [-0.15, -0.1) is 0 Å². The molecule has 0 spiro atoms. The summed E-state index contributed by atoms with van der Waals surface area (Å²) in [5, 5.41) is 9.57. The molecule has 5 nitrogen and oxygen atoms in total. The molecule has 0 aliphatic heterocycles. The van der Waals surface area contributed by atoms with E-state index < -0.39 is 5.97 Å². The van der Waals surface area contributed by atoms with Gasteiger partial charge in [-0.2, -0.15) is 0 Å². The van der Waals surface area contributed by atoms with Crippen LogP contribution in [0.4, 0.5) is 0 Å². The van der Waals surface area contributed by atoms with E-state index >= 15 is 0 Å². The van der Waals surface area contributed by atoms with E-state index in [1.54, 1.807) is 30.3 Å². The summed E-state index contributed by atoms with van der Waals surface area (Å²) < 4.78 is 16.2. The minimum Gasteiger partial charge on any atom is -0.493 e. The fourth-order valence-electron chi connectivity index (χ4n) is 1.76. The third-order valence-electron chi connectivity index (χ3n) is 2.83. The predicted molar refractivity (Wildman–Crippen MR) is 82.4 cm³/mol. The summed E-state index contributed by atoms with van der Waals surface area (Å²) >= 11 is 5.79. The maximum Gasteiger partial charge on any atom is 0.335 e. The summed E-state index contributed by atoms with van der Waals surface area (Å²) in [6.07, 6.45) is 0. The third kappa shape index (κ3) is 4.30. The second-order valence-electron chi connectivity index (χ2n) is 4.32. The Morgan fingerprint density at radius 3 is 2.36 bits per heavy atom. The number of ether oxygens (including phenoxy) is 3. The van der Waals surface area contributed by atoms with Crippen molar-refractivity contribution in [1.82, 2.24) is 0 Å². The van der Waals surface area contributed by atoms with Crippen LogP contribution < -0.4 is 14.2 Å². The first kappa shape index (κ1) is 16.0. The number of carboxylic acids is 1. The Kier molecular flexibility index (Phi) is 5.49. The van der Waals surface area contributed by atoms with Gasteiger partial charge in [0.2, 0.25) is 0 Å². The monoisotopic (exact) mass is 322 g/mol. The van der Waals surface area contributed by atoms with Crippen molar-refractivity contribution in [2.24, 2.45) is 0 Å². The van der Waals surface area contributed by atoms with E-state index in [9.17, 15) is 4.79 Å². The SMILES string of the molecule is COc1cc(C(=O)O)ccc1OCCOc1ccc(Cl)cc1. The second-order valence-corrected chi connectivity index (χ2v) is 4.76. The fraction of sp³-hybridized carbons (Fsp3) is 0.188. The van der Waals surface area contributed by atoms with Gasteiger partial charge in [-0.3, -0.25) is 0 Å². The van der Waals surface area contributed by atoms with E-state index in [0.717, 1.165) is 0 Å². The number of methoxy groups -OCH3 is 1. The quantitative estimate of drug-likeness (QED) is 0.790. The molecule has 0 amide bonds. The zero-order valence-corrected chi connectivity index (χ0v) is 12.7. The molecular formula is C16H15ClO5. The number of carboxylic acid groups (broad SMARTS) is 1. The maximum absolute atomic E-state index is 10.9. The molecule has 1 N–H and O–H groups in total. The molecule has 0 radical (unpaired) electrons. The highest BCUT2D eigenvalue weighted by Crippen LogP contribution is 2.28. The lowest BCUT2D eigenvalue weighted by atomic mass is 10.2. The average Bonchev–Trinajstić information content (AvgIpc) is 2.53. The summed E-state index contributed by atoms with van der Waals surface area (Å²) in [5.74, 6) is 0.510. The number of halogens is 1. The molecule has 2 rings (SSSR count). The van der Waals surface area contributed by atoms with Crippen molar-refractivity contribution >= 4 is 17.6 Å². The summed E-state index contributed by atoms with van der Waals surface area (Å²) in [4.78, 5) is 10.9. The number of benzene rings is 2. The van der Waals surface area contributed by atoms with Crippen LogP contribution in [-0.4, -0.2) is 31.4 Å². The van der Waals surface area contributed by atoms with Crippen molar-refractivity contribution in [1.29, 1.82) is 0 Å². The Balaban J connectivity index is 1.88. The van der Waals surface area contributed by atoms with Gasteiger partial charge in [0, 0.05) is 5.02 Å². The van der Waals surface area contributed by atoms with Crippen molar-refractivity contribution in [3.05, 3.63) is 53.1 Å². The van der Waals surface area contributed by atoms with E-state index in [-0.39, 0.29) is 5.56 Å². The van der Waals surface area contributed by atoms with Crippen LogP contribution in [0.2, 0.25) is 5.02 Å². The fourth-order valence-corrected chi connectivity index (χ4v) is 1.89. The summed E-state index contributed by atoms with van der Waals surface area (Å²) in [6, 6.07) is 11.5. The number of hydrogen-bond acceptors (Lipinski definition) is 4. The van der Waals surface area contributed by atoms with Gasteiger partial charge in [-0.05, 0) is 42.5 Å². The molecule has 0 bridgehead atoms. The molecule has 22 heavy (non-hydrogen) atoms. The predicted octanol–water partition coefficient (Wildman–Crippen LogP) is 3.50. The average molecular weight is 323 g/mol. The lowest BCUT2D eigenvalue weighted by molar-refractivity contribution is 0.0696. The molecule has 116 valence electrons. The van der Waals surface area contributed by atoms with Crippen molar-refractivity contribution in [3.63, 3.8) is 0 Å². The van der Waals surface area contributed by atoms with Gasteiger partial charge in [0.15, 0.2) is 11.5 Å². The van der Waals surface area contributed by atoms with Gasteiger partial charge < -0.3 is 19.3 Å². The highest BCUT2D eigenvalue weighted by Gasteiger charge is 2.09. The van der Waals surface area contributed by atoms with Crippen LogP contribution >= 0.6 is 11.6 Å². The van der Waals surface area contributed by atoms with Crippen LogP contribution in [0.1, 0.15) is 10.4 Å². The second kappa shape index (κ2) is 7.56. The van der Waals surface area contributed by atoms with Gasteiger partial charge in [-0.1, -0.05) is 11.6 Å². The first-order chi connectivity index (χ1) is 10.6. The standard InChI is InChI=1S/C16H15ClO5/c1-20-15-10-11(16(18)19)2-7-14(15)22-9-8-21-13-5-3-12(17)4-6-13/h2-7,10H,8-9H2,1H3,(H,18,19). The topological polar surface area (TPSA) is 65.0 Å². The summed E-state index contributed by atoms with van der Waals surface area (Å²) in [7, 11) is 1.46. The Hall–Kier alpha value is -2.40. The summed E-state index contributed by atoms with van der Waals surface area (Å²) in [6.45, 7) is 0.636. The van der Waals surface area contributed by atoms with E-state index in [1.807, 2.05) is 0 Å². The maximum atomic E-state index is 10.9. The van der Waals surface area contributed by atoms with Crippen LogP contribution in [0, 0.1) is 0 Å². The van der Waals surface area contributed by atoms with Gasteiger partial charge in [-0.25, -0.2) is 4.79 Å². The first-order valence-corrected chi connectivity index (χ1v) is 6.90. The molecule has 0 saturated heterocycles. The molecule has 0 aromatic heterocycles.